The molecule has 0 bridgehead atoms. The molecular weight excluding hydrogens is 224 g/mol. The van der Waals surface area contributed by atoms with Gasteiger partial charge in [-0.15, -0.1) is 0 Å². The Kier molecular flexibility index (Phi) is 3.58. The van der Waals surface area contributed by atoms with Crippen molar-refractivity contribution in [2.45, 2.75) is 6.92 Å². The van der Waals surface area contributed by atoms with Crippen molar-refractivity contribution in [1.82, 2.24) is 0 Å². The lowest BCUT2D eigenvalue weighted by molar-refractivity contribution is 0.104. The van der Waals surface area contributed by atoms with Crippen LogP contribution in [0.3, 0.4) is 0 Å². The second-order valence-electron chi connectivity index (χ2n) is 4.06. The summed E-state index contributed by atoms with van der Waals surface area (Å²) in [6.07, 6.45) is 1.24. The van der Waals surface area contributed by atoms with Gasteiger partial charge in [0.1, 0.15) is 0 Å². The van der Waals surface area contributed by atoms with Crippen LogP contribution in [0.2, 0.25) is 0 Å². The number of ketones is 1. The van der Waals surface area contributed by atoms with Crippen LogP contribution in [-0.2, 0) is 0 Å². The minimum Gasteiger partial charge on any atom is -0.512 e. The van der Waals surface area contributed by atoms with Gasteiger partial charge in [0.15, 0.2) is 5.78 Å². The number of carbonyl (C=O) groups excluding carboxylic acids is 1. The van der Waals surface area contributed by atoms with Crippen LogP contribution in [0.25, 0.3) is 11.1 Å². The largest absolute Gasteiger partial charge is 0.512 e. The summed E-state index contributed by atoms with van der Waals surface area (Å²) in [4.78, 5) is 12.0. The van der Waals surface area contributed by atoms with Gasteiger partial charge in [-0.05, 0) is 18.1 Å². The van der Waals surface area contributed by atoms with E-state index in [1.165, 1.54) is 13.0 Å². The number of hydrogen-bond donors (Lipinski definition) is 1. The maximum absolute atomic E-state index is 12.0. The lowest BCUT2D eigenvalue weighted by Crippen LogP contribution is -1.98. The zero-order valence-corrected chi connectivity index (χ0v) is 10.1. The SMILES string of the molecule is C/C(O)=C/C(=O)c1ccccc1-c1ccccc1. The third-order valence-corrected chi connectivity index (χ3v) is 2.62. The molecule has 0 fully saturated rings. The minimum absolute atomic E-state index is 0.0165. The van der Waals surface area contributed by atoms with Gasteiger partial charge in [0.05, 0.1) is 5.76 Å². The Morgan fingerprint density at radius 2 is 1.61 bits per heavy atom. The van der Waals surface area contributed by atoms with Gasteiger partial charge in [0, 0.05) is 11.6 Å². The van der Waals surface area contributed by atoms with E-state index in [2.05, 4.69) is 0 Å². The number of allylic oxidation sites excluding steroid dienone is 2. The van der Waals surface area contributed by atoms with Crippen LogP contribution in [0.1, 0.15) is 17.3 Å². The van der Waals surface area contributed by atoms with Crippen LogP contribution < -0.4 is 0 Å². The van der Waals surface area contributed by atoms with Crippen LogP contribution >= 0.6 is 0 Å². The highest BCUT2D eigenvalue weighted by Crippen LogP contribution is 2.24. The van der Waals surface area contributed by atoms with Gasteiger partial charge in [-0.2, -0.15) is 0 Å². The smallest absolute Gasteiger partial charge is 0.189 e. The molecule has 2 aromatic carbocycles. The topological polar surface area (TPSA) is 37.3 Å². The number of aliphatic hydroxyl groups excluding tert-OH is 1. The predicted octanol–water partition coefficient (Wildman–Crippen LogP) is 4.00. The Bertz CT molecular complexity index is 579. The molecule has 0 amide bonds. The Morgan fingerprint density at radius 1 is 1.00 bits per heavy atom. The first-order chi connectivity index (χ1) is 8.68. The van der Waals surface area contributed by atoms with E-state index in [-0.39, 0.29) is 11.5 Å². The lowest BCUT2D eigenvalue weighted by atomic mass is 9.97. The first-order valence-electron chi connectivity index (χ1n) is 5.74. The average Bonchev–Trinajstić information content (AvgIpc) is 2.39. The van der Waals surface area contributed by atoms with Gasteiger partial charge in [-0.3, -0.25) is 4.79 Å². The Labute approximate surface area is 106 Å². The van der Waals surface area contributed by atoms with Crippen molar-refractivity contribution in [3.63, 3.8) is 0 Å². The highest BCUT2D eigenvalue weighted by atomic mass is 16.3. The molecule has 0 saturated heterocycles. The normalized spacial score (nSPS) is 11.3. The summed E-state index contributed by atoms with van der Waals surface area (Å²) in [5.74, 6) is -0.169. The third-order valence-electron chi connectivity index (χ3n) is 2.62. The van der Waals surface area contributed by atoms with E-state index in [1.54, 1.807) is 6.07 Å². The first kappa shape index (κ1) is 12.1. The molecule has 0 radical (unpaired) electrons. The molecule has 0 aliphatic rings. The highest BCUT2D eigenvalue weighted by molar-refractivity contribution is 6.09. The summed E-state index contributed by atoms with van der Waals surface area (Å²) in [5.41, 5.74) is 2.46. The van der Waals surface area contributed by atoms with Crippen LogP contribution in [0.5, 0.6) is 0 Å². The summed E-state index contributed by atoms with van der Waals surface area (Å²) in [7, 11) is 0. The molecule has 2 nitrogen and oxygen atoms in total. The fourth-order valence-electron chi connectivity index (χ4n) is 1.83. The predicted molar refractivity (Wildman–Crippen MR) is 72.6 cm³/mol. The number of carbonyl (C=O) groups is 1. The molecule has 0 aliphatic carbocycles. The molecule has 0 aromatic heterocycles. The summed E-state index contributed by atoms with van der Waals surface area (Å²) in [6.45, 7) is 1.49. The van der Waals surface area contributed by atoms with Crippen molar-refractivity contribution in [3.8, 4) is 11.1 Å². The molecule has 0 spiro atoms. The summed E-state index contributed by atoms with van der Waals surface area (Å²) in [5, 5.41) is 9.19. The monoisotopic (exact) mass is 238 g/mol. The number of hydrogen-bond acceptors (Lipinski definition) is 2. The number of benzene rings is 2. The van der Waals surface area contributed by atoms with Crippen molar-refractivity contribution in [2.75, 3.05) is 0 Å². The third kappa shape index (κ3) is 2.66. The maximum Gasteiger partial charge on any atom is 0.189 e. The van der Waals surface area contributed by atoms with Gasteiger partial charge >= 0.3 is 0 Å². The summed E-state index contributed by atoms with van der Waals surface area (Å²) < 4.78 is 0. The fourth-order valence-corrected chi connectivity index (χ4v) is 1.83. The maximum atomic E-state index is 12.0. The average molecular weight is 238 g/mol. The van der Waals surface area contributed by atoms with E-state index >= 15 is 0 Å². The van der Waals surface area contributed by atoms with E-state index < -0.39 is 0 Å². The lowest BCUT2D eigenvalue weighted by Gasteiger charge is -2.06. The van der Waals surface area contributed by atoms with Gasteiger partial charge in [-0.1, -0.05) is 54.6 Å². The molecule has 0 heterocycles. The van der Waals surface area contributed by atoms with Gasteiger partial charge in [0.25, 0.3) is 0 Å². The summed E-state index contributed by atoms with van der Waals surface area (Å²) >= 11 is 0. The standard InChI is InChI=1S/C16H14O2/c1-12(17)11-16(18)15-10-6-5-9-14(15)13-7-3-2-4-8-13/h2-11,17H,1H3/b12-11-. The molecule has 0 aliphatic heterocycles. The first-order valence-corrected chi connectivity index (χ1v) is 5.74. The molecule has 0 unspecified atom stereocenters. The molecular formula is C16H14O2. The van der Waals surface area contributed by atoms with E-state index in [1.807, 2.05) is 48.5 Å². The second-order valence-corrected chi connectivity index (χ2v) is 4.06. The van der Waals surface area contributed by atoms with Crippen LogP contribution in [0.15, 0.2) is 66.4 Å². The molecule has 90 valence electrons. The molecule has 1 N–H and O–H groups in total. The van der Waals surface area contributed by atoms with Crippen molar-refractivity contribution in [2.24, 2.45) is 0 Å². The zero-order chi connectivity index (χ0) is 13.0. The van der Waals surface area contributed by atoms with Crippen molar-refractivity contribution in [3.05, 3.63) is 72.0 Å². The Hall–Kier alpha value is -2.35. The summed E-state index contributed by atoms with van der Waals surface area (Å²) in [6, 6.07) is 17.1. The Balaban J connectivity index is 2.51. The molecule has 0 saturated carbocycles. The van der Waals surface area contributed by atoms with E-state index in [0.717, 1.165) is 11.1 Å². The van der Waals surface area contributed by atoms with Gasteiger partial charge in [-0.25, -0.2) is 0 Å². The molecule has 2 rings (SSSR count). The Morgan fingerprint density at radius 3 is 2.28 bits per heavy atom. The minimum atomic E-state index is -0.186. The van der Waals surface area contributed by atoms with E-state index in [0.29, 0.717) is 5.56 Å². The van der Waals surface area contributed by atoms with Crippen molar-refractivity contribution < 1.29 is 9.90 Å². The molecule has 2 heteroatoms. The fraction of sp³-hybridized carbons (Fsp3) is 0.0625. The van der Waals surface area contributed by atoms with Gasteiger partial charge in [0.2, 0.25) is 0 Å². The van der Waals surface area contributed by atoms with E-state index in [9.17, 15) is 9.90 Å². The van der Waals surface area contributed by atoms with Crippen LogP contribution in [-0.4, -0.2) is 10.9 Å². The molecule has 18 heavy (non-hydrogen) atoms. The number of rotatable bonds is 3. The van der Waals surface area contributed by atoms with Crippen molar-refractivity contribution >= 4 is 5.78 Å². The van der Waals surface area contributed by atoms with E-state index in [4.69, 9.17) is 0 Å². The highest BCUT2D eigenvalue weighted by Gasteiger charge is 2.10. The molecule has 0 atom stereocenters. The number of aliphatic hydroxyl groups is 1. The zero-order valence-electron chi connectivity index (χ0n) is 10.1. The van der Waals surface area contributed by atoms with Gasteiger partial charge < -0.3 is 5.11 Å². The second kappa shape index (κ2) is 5.32. The van der Waals surface area contributed by atoms with Crippen LogP contribution in [0, 0.1) is 0 Å². The van der Waals surface area contributed by atoms with Crippen LogP contribution in [0.4, 0.5) is 0 Å². The molecule has 2 aromatic rings. The quantitative estimate of drug-likeness (QED) is 0.498. The van der Waals surface area contributed by atoms with Crippen molar-refractivity contribution in [1.29, 1.82) is 0 Å².